The molecule has 0 heterocycles. The molecule has 0 aromatic heterocycles. The van der Waals surface area contributed by atoms with Crippen LogP contribution < -0.4 is 5.32 Å². The number of amides is 2. The molecular weight excluding hydrogens is 364 g/mol. The quantitative estimate of drug-likeness (QED) is 0.664. The molecule has 0 unspecified atom stereocenters. The predicted molar refractivity (Wildman–Crippen MR) is 91.4 cm³/mol. The molecule has 128 valence electrons. The van der Waals surface area contributed by atoms with E-state index in [2.05, 4.69) is 21.2 Å². The lowest BCUT2D eigenvalue weighted by Gasteiger charge is -2.22. The highest BCUT2D eigenvalue weighted by atomic mass is 79.9. The zero-order chi connectivity index (χ0) is 17.1. The number of carbonyl (C=O) groups excluding carboxylic acids is 2. The number of rotatable bonds is 10. The van der Waals surface area contributed by atoms with Crippen LogP contribution in [0.1, 0.15) is 16.8 Å². The minimum atomic E-state index is -0.189. The molecule has 0 atom stereocenters. The Morgan fingerprint density at radius 2 is 1.65 bits per heavy atom. The number of hydrogen-bond donors (Lipinski definition) is 1. The number of nitrogens with zero attached hydrogens (tertiary/aromatic N) is 1. The average Bonchev–Trinajstić information content (AvgIpc) is 2.55. The zero-order valence-corrected chi connectivity index (χ0v) is 15.1. The van der Waals surface area contributed by atoms with E-state index in [1.165, 1.54) is 0 Å². The monoisotopic (exact) mass is 386 g/mol. The van der Waals surface area contributed by atoms with Gasteiger partial charge in [0.2, 0.25) is 5.91 Å². The SMILES string of the molecule is COCCN(CCOC)C(=O)CCNC(=O)c1ccc(Br)cc1. The molecule has 1 aromatic carbocycles. The Bertz CT molecular complexity index is 485. The number of ether oxygens (including phenoxy) is 2. The van der Waals surface area contributed by atoms with Crippen LogP contribution in [0.4, 0.5) is 0 Å². The Balaban J connectivity index is 2.40. The fraction of sp³-hybridized carbons (Fsp3) is 0.500. The third-order valence-electron chi connectivity index (χ3n) is 3.21. The second-order valence-corrected chi connectivity index (χ2v) is 5.79. The fourth-order valence-electron chi connectivity index (χ4n) is 1.91. The Labute approximate surface area is 145 Å². The second-order valence-electron chi connectivity index (χ2n) is 4.88. The minimum absolute atomic E-state index is 0.0322. The first kappa shape index (κ1) is 19.6. The van der Waals surface area contributed by atoms with Gasteiger partial charge in [-0.2, -0.15) is 0 Å². The lowest BCUT2D eigenvalue weighted by atomic mass is 10.2. The molecule has 0 saturated carbocycles. The lowest BCUT2D eigenvalue weighted by molar-refractivity contribution is -0.132. The molecule has 0 aliphatic rings. The molecule has 1 aromatic rings. The largest absolute Gasteiger partial charge is 0.383 e. The van der Waals surface area contributed by atoms with Crippen LogP contribution in [0.15, 0.2) is 28.7 Å². The van der Waals surface area contributed by atoms with Crippen LogP contribution in [-0.4, -0.2) is 63.8 Å². The third-order valence-corrected chi connectivity index (χ3v) is 3.74. The summed E-state index contributed by atoms with van der Waals surface area (Å²) in [6.07, 6.45) is 0.246. The predicted octanol–water partition coefficient (Wildman–Crippen LogP) is 1.69. The summed E-state index contributed by atoms with van der Waals surface area (Å²) in [5, 5.41) is 2.75. The number of carbonyl (C=O) groups is 2. The third kappa shape index (κ3) is 7.58. The molecule has 0 bridgehead atoms. The van der Waals surface area contributed by atoms with Gasteiger partial charge in [-0.3, -0.25) is 9.59 Å². The van der Waals surface area contributed by atoms with Gasteiger partial charge in [0.25, 0.3) is 5.91 Å². The van der Waals surface area contributed by atoms with Crippen LogP contribution in [0.25, 0.3) is 0 Å². The van der Waals surface area contributed by atoms with Gasteiger partial charge in [0.05, 0.1) is 13.2 Å². The van der Waals surface area contributed by atoms with Crippen molar-refractivity contribution in [1.29, 1.82) is 0 Å². The molecule has 0 aliphatic heterocycles. The van der Waals surface area contributed by atoms with E-state index in [0.717, 1.165) is 4.47 Å². The summed E-state index contributed by atoms with van der Waals surface area (Å²) in [5.74, 6) is -0.221. The number of halogens is 1. The number of nitrogens with one attached hydrogen (secondary N) is 1. The first-order valence-corrected chi connectivity index (χ1v) is 8.17. The van der Waals surface area contributed by atoms with Gasteiger partial charge in [-0.15, -0.1) is 0 Å². The van der Waals surface area contributed by atoms with Crippen molar-refractivity contribution in [3.63, 3.8) is 0 Å². The molecule has 0 spiro atoms. The van der Waals surface area contributed by atoms with E-state index >= 15 is 0 Å². The summed E-state index contributed by atoms with van der Waals surface area (Å²) in [6.45, 7) is 2.27. The highest BCUT2D eigenvalue weighted by Gasteiger charge is 2.13. The zero-order valence-electron chi connectivity index (χ0n) is 13.5. The molecule has 0 saturated heterocycles. The first-order chi connectivity index (χ1) is 11.1. The summed E-state index contributed by atoms with van der Waals surface area (Å²) >= 11 is 3.32. The first-order valence-electron chi connectivity index (χ1n) is 7.38. The smallest absolute Gasteiger partial charge is 0.251 e. The van der Waals surface area contributed by atoms with E-state index in [0.29, 0.717) is 38.4 Å². The van der Waals surface area contributed by atoms with Gasteiger partial charge in [-0.05, 0) is 24.3 Å². The molecule has 1 rings (SSSR count). The van der Waals surface area contributed by atoms with Crippen LogP contribution >= 0.6 is 15.9 Å². The van der Waals surface area contributed by atoms with E-state index < -0.39 is 0 Å². The molecule has 0 radical (unpaired) electrons. The molecule has 6 nitrogen and oxygen atoms in total. The average molecular weight is 387 g/mol. The summed E-state index contributed by atoms with van der Waals surface area (Å²) < 4.78 is 10.9. The number of methoxy groups -OCH3 is 2. The lowest BCUT2D eigenvalue weighted by Crippen LogP contribution is -2.38. The normalized spacial score (nSPS) is 10.4. The van der Waals surface area contributed by atoms with Crippen molar-refractivity contribution in [1.82, 2.24) is 10.2 Å². The van der Waals surface area contributed by atoms with Gasteiger partial charge in [0.1, 0.15) is 0 Å². The Morgan fingerprint density at radius 3 is 2.17 bits per heavy atom. The van der Waals surface area contributed by atoms with Gasteiger partial charge >= 0.3 is 0 Å². The van der Waals surface area contributed by atoms with E-state index in [1.807, 2.05) is 0 Å². The summed E-state index contributed by atoms with van der Waals surface area (Å²) in [5.41, 5.74) is 0.566. The number of hydrogen-bond acceptors (Lipinski definition) is 4. The van der Waals surface area contributed by atoms with Crippen LogP contribution in [0, 0.1) is 0 Å². The van der Waals surface area contributed by atoms with Crippen molar-refractivity contribution in [2.24, 2.45) is 0 Å². The van der Waals surface area contributed by atoms with E-state index in [-0.39, 0.29) is 18.2 Å². The number of benzene rings is 1. The fourth-order valence-corrected chi connectivity index (χ4v) is 2.17. The Kier molecular flexibility index (Phi) is 9.51. The van der Waals surface area contributed by atoms with Crippen LogP contribution in [0.3, 0.4) is 0 Å². The summed E-state index contributed by atoms with van der Waals surface area (Å²) in [7, 11) is 3.19. The highest BCUT2D eigenvalue weighted by molar-refractivity contribution is 9.10. The van der Waals surface area contributed by atoms with Crippen molar-refractivity contribution in [2.45, 2.75) is 6.42 Å². The maximum absolute atomic E-state index is 12.2. The standard InChI is InChI=1S/C16H23BrN2O4/c1-22-11-9-19(10-12-23-2)15(20)7-8-18-16(21)13-3-5-14(17)6-4-13/h3-6H,7-12H2,1-2H3,(H,18,21). The maximum atomic E-state index is 12.2. The van der Waals surface area contributed by atoms with E-state index in [1.54, 1.807) is 43.4 Å². The molecule has 0 fully saturated rings. The van der Waals surface area contributed by atoms with Gasteiger partial charge in [0.15, 0.2) is 0 Å². The van der Waals surface area contributed by atoms with Crippen molar-refractivity contribution in [3.05, 3.63) is 34.3 Å². The van der Waals surface area contributed by atoms with Crippen molar-refractivity contribution in [2.75, 3.05) is 47.1 Å². The van der Waals surface area contributed by atoms with E-state index in [4.69, 9.17) is 9.47 Å². The maximum Gasteiger partial charge on any atom is 0.251 e. The van der Waals surface area contributed by atoms with Gasteiger partial charge in [-0.1, -0.05) is 15.9 Å². The minimum Gasteiger partial charge on any atom is -0.383 e. The summed E-state index contributed by atoms with van der Waals surface area (Å²) in [4.78, 5) is 25.8. The molecule has 23 heavy (non-hydrogen) atoms. The van der Waals surface area contributed by atoms with Crippen molar-refractivity contribution in [3.8, 4) is 0 Å². The highest BCUT2D eigenvalue weighted by Crippen LogP contribution is 2.10. The second kappa shape index (κ2) is 11.2. The molecule has 7 heteroatoms. The van der Waals surface area contributed by atoms with Crippen LogP contribution in [-0.2, 0) is 14.3 Å². The van der Waals surface area contributed by atoms with Crippen molar-refractivity contribution >= 4 is 27.7 Å². The molecule has 1 N–H and O–H groups in total. The van der Waals surface area contributed by atoms with Crippen molar-refractivity contribution < 1.29 is 19.1 Å². The summed E-state index contributed by atoms with van der Waals surface area (Å²) in [6, 6.07) is 7.06. The molecule has 2 amide bonds. The van der Waals surface area contributed by atoms with Crippen LogP contribution in [0.5, 0.6) is 0 Å². The van der Waals surface area contributed by atoms with Gasteiger partial charge in [0, 0.05) is 50.3 Å². The van der Waals surface area contributed by atoms with E-state index in [9.17, 15) is 9.59 Å². The molecule has 0 aliphatic carbocycles. The van der Waals surface area contributed by atoms with Gasteiger partial charge < -0.3 is 19.7 Å². The Morgan fingerprint density at radius 1 is 1.09 bits per heavy atom. The topological polar surface area (TPSA) is 67.9 Å². The van der Waals surface area contributed by atoms with Crippen LogP contribution in [0.2, 0.25) is 0 Å². The Hall–Kier alpha value is -1.44. The molecular formula is C16H23BrN2O4. The van der Waals surface area contributed by atoms with Gasteiger partial charge in [-0.25, -0.2) is 0 Å².